The summed E-state index contributed by atoms with van der Waals surface area (Å²) in [6.45, 7) is 4.41. The molecular weight excluding hydrogens is 166 g/mol. The Bertz CT molecular complexity index is 180. The number of amides is 1. The van der Waals surface area contributed by atoms with Crippen LogP contribution >= 0.6 is 0 Å². The molecule has 1 aliphatic rings. The third kappa shape index (κ3) is 2.69. The van der Waals surface area contributed by atoms with Crippen molar-refractivity contribution < 1.29 is 9.90 Å². The highest BCUT2D eigenvalue weighted by molar-refractivity contribution is 5.80. The van der Waals surface area contributed by atoms with E-state index in [-0.39, 0.29) is 5.91 Å². The zero-order valence-electron chi connectivity index (χ0n) is 8.49. The number of aliphatic hydroxyl groups is 1. The Labute approximate surface area is 79.7 Å². The zero-order chi connectivity index (χ0) is 9.84. The molecule has 0 radical (unpaired) electrons. The number of hydrogen-bond acceptors (Lipinski definition) is 2. The van der Waals surface area contributed by atoms with Crippen molar-refractivity contribution in [1.82, 2.24) is 4.90 Å². The minimum Gasteiger partial charge on any atom is -0.384 e. The molecule has 1 unspecified atom stereocenters. The van der Waals surface area contributed by atoms with Crippen LogP contribution in [0.4, 0.5) is 0 Å². The van der Waals surface area contributed by atoms with Crippen LogP contribution in [0.2, 0.25) is 0 Å². The smallest absolute Gasteiger partial charge is 0.251 e. The summed E-state index contributed by atoms with van der Waals surface area (Å²) in [6.07, 6.45) is 3.69. The minimum absolute atomic E-state index is 0.116. The van der Waals surface area contributed by atoms with E-state index >= 15 is 0 Å². The van der Waals surface area contributed by atoms with Gasteiger partial charge in [-0.25, -0.2) is 0 Å². The van der Waals surface area contributed by atoms with Crippen LogP contribution in [0.1, 0.15) is 39.5 Å². The molecule has 1 heterocycles. The number of aliphatic hydroxyl groups excluding tert-OH is 1. The quantitative estimate of drug-likeness (QED) is 0.666. The molecule has 76 valence electrons. The van der Waals surface area contributed by atoms with E-state index in [1.54, 1.807) is 6.92 Å². The first-order valence-electron chi connectivity index (χ1n) is 5.11. The lowest BCUT2D eigenvalue weighted by atomic mass is 10.1. The Hall–Kier alpha value is -0.570. The summed E-state index contributed by atoms with van der Waals surface area (Å²) >= 11 is 0. The number of carbonyl (C=O) groups excluding carboxylic acids is 1. The largest absolute Gasteiger partial charge is 0.384 e. The van der Waals surface area contributed by atoms with Gasteiger partial charge in [-0.1, -0.05) is 12.8 Å². The molecular formula is C10H19NO2. The van der Waals surface area contributed by atoms with Crippen molar-refractivity contribution in [3.63, 3.8) is 0 Å². The van der Waals surface area contributed by atoms with Gasteiger partial charge in [-0.15, -0.1) is 0 Å². The third-order valence-corrected chi connectivity index (χ3v) is 2.69. The molecule has 1 fully saturated rings. The first-order valence-corrected chi connectivity index (χ1v) is 5.11. The number of likely N-dealkylation sites (tertiary alicyclic amines) is 1. The maximum atomic E-state index is 11.5. The van der Waals surface area contributed by atoms with Gasteiger partial charge in [-0.05, 0) is 26.7 Å². The molecule has 1 N–H and O–H groups in total. The Balaban J connectivity index is 2.58. The Morgan fingerprint density at radius 2 is 2.15 bits per heavy atom. The molecule has 1 saturated heterocycles. The molecule has 1 amide bonds. The van der Waals surface area contributed by atoms with Crippen LogP contribution in [0.25, 0.3) is 0 Å². The average Bonchev–Trinajstić information content (AvgIpc) is 2.28. The first kappa shape index (κ1) is 10.5. The van der Waals surface area contributed by atoms with Crippen molar-refractivity contribution in [2.24, 2.45) is 0 Å². The number of nitrogens with zero attached hydrogens (tertiary/aromatic N) is 1. The predicted octanol–water partition coefficient (Wildman–Crippen LogP) is 1.16. The average molecular weight is 185 g/mol. The summed E-state index contributed by atoms with van der Waals surface area (Å²) in [5, 5.41) is 9.19. The summed E-state index contributed by atoms with van der Waals surface area (Å²) in [6, 6.07) is 0.296. The summed E-state index contributed by atoms with van der Waals surface area (Å²) in [5.74, 6) is -0.116. The molecule has 0 aromatic rings. The molecule has 2 atom stereocenters. The number of rotatable bonds is 1. The van der Waals surface area contributed by atoms with Crippen LogP contribution in [0.3, 0.4) is 0 Å². The lowest BCUT2D eigenvalue weighted by Gasteiger charge is -2.28. The van der Waals surface area contributed by atoms with Crippen molar-refractivity contribution in [3.8, 4) is 0 Å². The normalized spacial score (nSPS) is 26.7. The third-order valence-electron chi connectivity index (χ3n) is 2.69. The van der Waals surface area contributed by atoms with Gasteiger partial charge in [0.25, 0.3) is 5.91 Å². The van der Waals surface area contributed by atoms with Crippen molar-refractivity contribution >= 4 is 5.91 Å². The Kier molecular flexibility index (Phi) is 3.72. The minimum atomic E-state index is -0.847. The monoisotopic (exact) mass is 185 g/mol. The number of carbonyl (C=O) groups is 1. The molecule has 3 heteroatoms. The molecule has 3 nitrogen and oxygen atoms in total. The van der Waals surface area contributed by atoms with E-state index in [1.807, 2.05) is 4.90 Å². The fourth-order valence-electron chi connectivity index (χ4n) is 1.84. The van der Waals surface area contributed by atoms with Gasteiger partial charge in [0.1, 0.15) is 6.10 Å². The van der Waals surface area contributed by atoms with Crippen molar-refractivity contribution in [3.05, 3.63) is 0 Å². The summed E-state index contributed by atoms with van der Waals surface area (Å²) < 4.78 is 0. The highest BCUT2D eigenvalue weighted by Gasteiger charge is 2.24. The van der Waals surface area contributed by atoms with Gasteiger partial charge in [0.15, 0.2) is 0 Å². The molecule has 0 aromatic carbocycles. The van der Waals surface area contributed by atoms with E-state index in [0.29, 0.717) is 6.04 Å². The van der Waals surface area contributed by atoms with E-state index in [1.165, 1.54) is 12.8 Å². The highest BCUT2D eigenvalue weighted by Crippen LogP contribution is 2.16. The molecule has 13 heavy (non-hydrogen) atoms. The van der Waals surface area contributed by atoms with Crippen LogP contribution in [-0.2, 0) is 4.79 Å². The Morgan fingerprint density at radius 3 is 2.77 bits per heavy atom. The number of hydrogen-bond donors (Lipinski definition) is 1. The van der Waals surface area contributed by atoms with Crippen LogP contribution in [0, 0.1) is 0 Å². The molecule has 1 aliphatic heterocycles. The lowest BCUT2D eigenvalue weighted by molar-refractivity contribution is -0.141. The second-order valence-electron chi connectivity index (χ2n) is 3.91. The van der Waals surface area contributed by atoms with Crippen molar-refractivity contribution in [1.29, 1.82) is 0 Å². The maximum absolute atomic E-state index is 11.5. The van der Waals surface area contributed by atoms with Crippen LogP contribution in [0.15, 0.2) is 0 Å². The van der Waals surface area contributed by atoms with Gasteiger partial charge in [-0.3, -0.25) is 4.79 Å². The fourth-order valence-corrected chi connectivity index (χ4v) is 1.84. The lowest BCUT2D eigenvalue weighted by Crippen LogP contribution is -2.43. The van der Waals surface area contributed by atoms with E-state index < -0.39 is 6.10 Å². The van der Waals surface area contributed by atoms with Gasteiger partial charge in [0, 0.05) is 12.6 Å². The van der Waals surface area contributed by atoms with Crippen molar-refractivity contribution in [2.75, 3.05) is 6.54 Å². The summed E-state index contributed by atoms with van der Waals surface area (Å²) in [7, 11) is 0. The van der Waals surface area contributed by atoms with Gasteiger partial charge in [-0.2, -0.15) is 0 Å². The van der Waals surface area contributed by atoms with Crippen molar-refractivity contribution in [2.45, 2.75) is 51.7 Å². The molecule has 1 rings (SSSR count). The van der Waals surface area contributed by atoms with Crippen LogP contribution in [0.5, 0.6) is 0 Å². The Morgan fingerprint density at radius 1 is 1.46 bits per heavy atom. The molecule has 0 saturated carbocycles. The first-order chi connectivity index (χ1) is 6.13. The molecule has 0 aliphatic carbocycles. The maximum Gasteiger partial charge on any atom is 0.251 e. The molecule has 0 spiro atoms. The summed E-state index contributed by atoms with van der Waals surface area (Å²) in [4.78, 5) is 13.4. The van der Waals surface area contributed by atoms with E-state index in [0.717, 1.165) is 19.4 Å². The van der Waals surface area contributed by atoms with E-state index in [9.17, 15) is 9.90 Å². The second-order valence-corrected chi connectivity index (χ2v) is 3.91. The SMILES string of the molecule is CC1CCCCCN1C(=O)[C@H](C)O. The second kappa shape index (κ2) is 4.61. The summed E-state index contributed by atoms with van der Waals surface area (Å²) in [5.41, 5.74) is 0. The van der Waals surface area contributed by atoms with Gasteiger partial charge in [0.2, 0.25) is 0 Å². The van der Waals surface area contributed by atoms with Gasteiger partial charge >= 0.3 is 0 Å². The predicted molar refractivity (Wildman–Crippen MR) is 51.3 cm³/mol. The van der Waals surface area contributed by atoms with Gasteiger partial charge in [0.05, 0.1) is 0 Å². The highest BCUT2D eigenvalue weighted by atomic mass is 16.3. The molecule has 0 aromatic heterocycles. The molecule has 0 bridgehead atoms. The van der Waals surface area contributed by atoms with Crippen LogP contribution < -0.4 is 0 Å². The fraction of sp³-hybridized carbons (Fsp3) is 0.900. The van der Waals surface area contributed by atoms with E-state index in [2.05, 4.69) is 6.92 Å². The topological polar surface area (TPSA) is 40.5 Å². The zero-order valence-corrected chi connectivity index (χ0v) is 8.49. The standard InChI is InChI=1S/C10H19NO2/c1-8-6-4-3-5-7-11(8)10(13)9(2)12/h8-9,12H,3-7H2,1-2H3/t8?,9-/m0/s1. The van der Waals surface area contributed by atoms with Gasteiger partial charge < -0.3 is 10.0 Å². The van der Waals surface area contributed by atoms with E-state index in [4.69, 9.17) is 0 Å². The van der Waals surface area contributed by atoms with Crippen LogP contribution in [-0.4, -0.2) is 34.6 Å².